The second kappa shape index (κ2) is 16.1. The highest BCUT2D eigenvalue weighted by molar-refractivity contribution is 8.05. The van der Waals surface area contributed by atoms with Crippen molar-refractivity contribution in [3.05, 3.63) is 0 Å². The highest BCUT2D eigenvalue weighted by Crippen LogP contribution is 2.12. The van der Waals surface area contributed by atoms with Crippen LogP contribution >= 0.6 is 47.0 Å². The minimum absolute atomic E-state index is 0.119. The molecule has 0 aromatic heterocycles. The first-order valence-electron chi connectivity index (χ1n) is 7.51. The lowest BCUT2D eigenvalue weighted by atomic mass is 10.2. The smallest absolute Gasteiger partial charge is 0.0556 e. The quantitative estimate of drug-likeness (QED) is 0.758. The van der Waals surface area contributed by atoms with Gasteiger partial charge in [0.1, 0.15) is 0 Å². The van der Waals surface area contributed by atoms with Gasteiger partial charge in [0.25, 0.3) is 0 Å². The van der Waals surface area contributed by atoms with Crippen LogP contribution in [-0.2, 0) is 9.47 Å². The summed E-state index contributed by atoms with van der Waals surface area (Å²) in [6, 6.07) is 0. The second-order valence-electron chi connectivity index (χ2n) is 4.65. The van der Waals surface area contributed by atoms with Crippen molar-refractivity contribution in [3.8, 4) is 0 Å². The summed E-state index contributed by atoms with van der Waals surface area (Å²) in [5.74, 6) is 9.66. The summed E-state index contributed by atoms with van der Waals surface area (Å²) in [4.78, 5) is 0. The molecule has 0 amide bonds. The first-order valence-corrected chi connectivity index (χ1v) is 12.1. The van der Waals surface area contributed by atoms with E-state index in [1.54, 1.807) is 0 Å². The largest absolute Gasteiger partial charge is 0.396 e. The van der Waals surface area contributed by atoms with E-state index >= 15 is 0 Å². The molecule has 1 aliphatic heterocycles. The first-order chi connectivity index (χ1) is 10.4. The van der Waals surface area contributed by atoms with E-state index in [4.69, 9.17) is 9.47 Å². The third kappa shape index (κ3) is 13.4. The van der Waals surface area contributed by atoms with Gasteiger partial charge < -0.3 is 14.6 Å². The van der Waals surface area contributed by atoms with Gasteiger partial charge in [0.05, 0.1) is 33.0 Å². The molecule has 0 aliphatic carbocycles. The molecule has 0 bridgehead atoms. The maximum Gasteiger partial charge on any atom is 0.0556 e. The van der Waals surface area contributed by atoms with Crippen molar-refractivity contribution in [1.29, 1.82) is 0 Å². The first kappa shape index (κ1) is 20.3. The van der Waals surface area contributed by atoms with E-state index in [1.165, 1.54) is 34.5 Å². The molecule has 3 nitrogen and oxygen atoms in total. The summed E-state index contributed by atoms with van der Waals surface area (Å²) in [6.07, 6.45) is 0. The number of ether oxygens (including phenoxy) is 2. The molecule has 0 atom stereocenters. The Bertz CT molecular complexity index is 202. The zero-order chi connectivity index (χ0) is 15.0. The molecule has 126 valence electrons. The van der Waals surface area contributed by atoms with Crippen molar-refractivity contribution in [1.82, 2.24) is 0 Å². The van der Waals surface area contributed by atoms with Crippen LogP contribution in [0.3, 0.4) is 0 Å². The Hall–Kier alpha value is 1.28. The second-order valence-corrected chi connectivity index (χ2v) is 9.55. The standard InChI is InChI=1S/C14H28O3S4/c15-11-14-12-16-1-3-18-5-7-20-9-10-21-8-6-19-4-2-17-13-14/h14-15H,1-13H2. The number of rotatable bonds is 1. The molecule has 1 saturated heterocycles. The normalized spacial score (nSPS) is 23.9. The third-order valence-corrected chi connectivity index (χ3v) is 7.47. The number of hydrogen-bond acceptors (Lipinski definition) is 7. The number of aliphatic hydroxyl groups excluding tert-OH is 1. The molecule has 0 spiro atoms. The Morgan fingerprint density at radius 3 is 1.43 bits per heavy atom. The number of aliphatic hydroxyl groups is 1. The Balaban J connectivity index is 2.14. The Kier molecular flexibility index (Phi) is 15.6. The summed E-state index contributed by atoms with van der Waals surface area (Å²) in [5, 5.41) is 9.30. The van der Waals surface area contributed by atoms with Crippen molar-refractivity contribution in [2.24, 2.45) is 5.92 Å². The van der Waals surface area contributed by atoms with Crippen molar-refractivity contribution in [2.45, 2.75) is 0 Å². The van der Waals surface area contributed by atoms with E-state index < -0.39 is 0 Å². The van der Waals surface area contributed by atoms with Gasteiger partial charge in [-0.2, -0.15) is 47.0 Å². The Morgan fingerprint density at radius 1 is 0.667 bits per heavy atom. The molecular weight excluding hydrogens is 344 g/mol. The maximum absolute atomic E-state index is 9.30. The van der Waals surface area contributed by atoms with E-state index in [2.05, 4.69) is 23.5 Å². The maximum atomic E-state index is 9.30. The van der Waals surface area contributed by atoms with Gasteiger partial charge in [-0.25, -0.2) is 0 Å². The molecule has 1 rings (SSSR count). The van der Waals surface area contributed by atoms with Gasteiger partial charge in [-0.1, -0.05) is 0 Å². The molecule has 1 aliphatic rings. The molecule has 0 saturated carbocycles. The van der Waals surface area contributed by atoms with E-state index in [0.717, 1.165) is 24.7 Å². The minimum atomic E-state index is 0.119. The van der Waals surface area contributed by atoms with Crippen LogP contribution in [0.25, 0.3) is 0 Å². The number of thioether (sulfide) groups is 4. The third-order valence-electron chi connectivity index (χ3n) is 2.83. The molecule has 0 aromatic rings. The van der Waals surface area contributed by atoms with Crippen LogP contribution in [0, 0.1) is 5.92 Å². The number of hydrogen-bond donors (Lipinski definition) is 1. The molecule has 1 fully saturated rings. The van der Waals surface area contributed by atoms with Crippen molar-refractivity contribution >= 4 is 47.0 Å². The average molecular weight is 373 g/mol. The lowest BCUT2D eigenvalue weighted by Crippen LogP contribution is -2.21. The van der Waals surface area contributed by atoms with Crippen molar-refractivity contribution in [2.75, 3.05) is 79.1 Å². The van der Waals surface area contributed by atoms with Gasteiger partial charge >= 0.3 is 0 Å². The highest BCUT2D eigenvalue weighted by atomic mass is 32.2. The average Bonchev–Trinajstić information content (AvgIpc) is 2.51. The van der Waals surface area contributed by atoms with Gasteiger partial charge in [0.15, 0.2) is 0 Å². The van der Waals surface area contributed by atoms with Crippen LogP contribution in [0.15, 0.2) is 0 Å². The SMILES string of the molecule is OCC1COCCSCCSCCSCCSCCOC1. The van der Waals surface area contributed by atoms with Gasteiger partial charge in [-0.15, -0.1) is 0 Å². The monoisotopic (exact) mass is 372 g/mol. The Labute approximate surface area is 146 Å². The molecule has 1 N–H and O–H groups in total. The minimum Gasteiger partial charge on any atom is -0.396 e. The molecule has 21 heavy (non-hydrogen) atoms. The molecule has 0 aromatic carbocycles. The summed E-state index contributed by atoms with van der Waals surface area (Å²) >= 11 is 8.04. The fraction of sp³-hybridized carbons (Fsp3) is 1.00. The summed E-state index contributed by atoms with van der Waals surface area (Å²) in [6.45, 7) is 2.91. The lowest BCUT2D eigenvalue weighted by Gasteiger charge is -2.14. The van der Waals surface area contributed by atoms with Gasteiger partial charge in [0.2, 0.25) is 0 Å². The predicted molar refractivity (Wildman–Crippen MR) is 102 cm³/mol. The lowest BCUT2D eigenvalue weighted by molar-refractivity contribution is 0.0246. The van der Waals surface area contributed by atoms with Gasteiger partial charge in [0, 0.05) is 51.9 Å². The molecule has 0 unspecified atom stereocenters. The fourth-order valence-corrected chi connectivity index (χ4v) is 5.77. The zero-order valence-electron chi connectivity index (χ0n) is 12.7. The predicted octanol–water partition coefficient (Wildman–Crippen LogP) is 2.57. The topological polar surface area (TPSA) is 38.7 Å². The van der Waals surface area contributed by atoms with Gasteiger partial charge in [-0.05, 0) is 0 Å². The van der Waals surface area contributed by atoms with Crippen LogP contribution in [-0.4, -0.2) is 84.2 Å². The van der Waals surface area contributed by atoms with Crippen LogP contribution in [0.5, 0.6) is 0 Å². The van der Waals surface area contributed by atoms with Crippen LogP contribution < -0.4 is 0 Å². The summed E-state index contributed by atoms with van der Waals surface area (Å²) in [7, 11) is 0. The Morgan fingerprint density at radius 2 is 1.05 bits per heavy atom. The van der Waals surface area contributed by atoms with Crippen molar-refractivity contribution in [3.63, 3.8) is 0 Å². The molecule has 1 heterocycles. The highest BCUT2D eigenvalue weighted by Gasteiger charge is 2.08. The fourth-order valence-electron chi connectivity index (χ4n) is 1.65. The van der Waals surface area contributed by atoms with Crippen LogP contribution in [0.2, 0.25) is 0 Å². The molecule has 7 heteroatoms. The van der Waals surface area contributed by atoms with Gasteiger partial charge in [-0.3, -0.25) is 0 Å². The van der Waals surface area contributed by atoms with E-state index in [-0.39, 0.29) is 12.5 Å². The van der Waals surface area contributed by atoms with Crippen molar-refractivity contribution < 1.29 is 14.6 Å². The summed E-state index contributed by atoms with van der Waals surface area (Å²) < 4.78 is 11.3. The van der Waals surface area contributed by atoms with E-state index in [0.29, 0.717) is 13.2 Å². The summed E-state index contributed by atoms with van der Waals surface area (Å²) in [5.41, 5.74) is 0. The van der Waals surface area contributed by atoms with E-state index in [1.807, 2.05) is 23.5 Å². The van der Waals surface area contributed by atoms with Crippen LogP contribution in [0.1, 0.15) is 0 Å². The zero-order valence-corrected chi connectivity index (χ0v) is 15.9. The molecular formula is C14H28O3S4. The molecule has 0 radical (unpaired) electrons. The van der Waals surface area contributed by atoms with E-state index in [9.17, 15) is 5.11 Å². The van der Waals surface area contributed by atoms with Crippen LogP contribution in [0.4, 0.5) is 0 Å².